The number of piperidine rings is 1. The number of hydrogen-bond acceptors (Lipinski definition) is 4. The molecule has 0 aromatic carbocycles. The predicted molar refractivity (Wildman–Crippen MR) is 67.6 cm³/mol. The van der Waals surface area contributed by atoms with Crippen molar-refractivity contribution in [2.24, 2.45) is 0 Å². The molecule has 0 radical (unpaired) electrons. The van der Waals surface area contributed by atoms with Crippen molar-refractivity contribution in [3.63, 3.8) is 0 Å². The van der Waals surface area contributed by atoms with Crippen LogP contribution in [0.5, 0.6) is 0 Å². The Balaban J connectivity index is 1.96. The van der Waals surface area contributed by atoms with Gasteiger partial charge in [-0.2, -0.15) is 0 Å². The van der Waals surface area contributed by atoms with Gasteiger partial charge >= 0.3 is 0 Å². The van der Waals surface area contributed by atoms with E-state index in [0.29, 0.717) is 11.8 Å². The van der Waals surface area contributed by atoms with Crippen molar-refractivity contribution >= 4 is 12.2 Å². The fraction of sp³-hybridized carbons (Fsp3) is 0.615. The summed E-state index contributed by atoms with van der Waals surface area (Å²) in [5.41, 5.74) is 0. The van der Waals surface area contributed by atoms with Crippen molar-refractivity contribution in [2.45, 2.75) is 25.8 Å². The fourth-order valence-corrected chi connectivity index (χ4v) is 2.40. The van der Waals surface area contributed by atoms with Gasteiger partial charge in [-0.25, -0.2) is 0 Å². The van der Waals surface area contributed by atoms with E-state index in [2.05, 4.69) is 16.7 Å². The number of hydrogen-bond donors (Lipinski definition) is 0. The molecular weight excluding hydrogens is 216 g/mol. The van der Waals surface area contributed by atoms with Gasteiger partial charge in [0.05, 0.1) is 0 Å². The van der Waals surface area contributed by atoms with Crippen LogP contribution in [0.2, 0.25) is 0 Å². The van der Waals surface area contributed by atoms with Gasteiger partial charge in [-0.3, -0.25) is 4.79 Å². The Kier molecular flexibility index (Phi) is 3.84. The molecule has 0 bridgehead atoms. The zero-order valence-electron chi connectivity index (χ0n) is 10.6. The summed E-state index contributed by atoms with van der Waals surface area (Å²) in [5, 5.41) is 0. The van der Waals surface area contributed by atoms with Gasteiger partial charge in [-0.05, 0) is 25.5 Å². The molecule has 4 heteroatoms. The molecule has 0 atom stereocenters. The molecule has 0 amide bonds. The topological polar surface area (TPSA) is 36.7 Å². The molecule has 94 valence electrons. The van der Waals surface area contributed by atoms with Crippen molar-refractivity contribution in [2.75, 3.05) is 31.6 Å². The molecule has 1 aliphatic rings. The van der Waals surface area contributed by atoms with E-state index < -0.39 is 0 Å². The van der Waals surface area contributed by atoms with E-state index in [1.54, 1.807) is 6.07 Å². The van der Waals surface area contributed by atoms with Crippen molar-refractivity contribution < 1.29 is 9.21 Å². The second kappa shape index (κ2) is 5.36. The summed E-state index contributed by atoms with van der Waals surface area (Å²) in [6.07, 6.45) is 3.06. The van der Waals surface area contributed by atoms with E-state index in [0.717, 1.165) is 44.6 Å². The van der Waals surface area contributed by atoms with E-state index in [9.17, 15) is 4.79 Å². The van der Waals surface area contributed by atoms with Gasteiger partial charge in [-0.15, -0.1) is 0 Å². The van der Waals surface area contributed by atoms with E-state index in [4.69, 9.17) is 4.42 Å². The molecular formula is C13H20N2O2. The Morgan fingerprint density at radius 1 is 1.47 bits per heavy atom. The van der Waals surface area contributed by atoms with Crippen molar-refractivity contribution in [3.05, 3.63) is 17.9 Å². The average Bonchev–Trinajstić information content (AvgIpc) is 2.87. The molecule has 1 aromatic heterocycles. The second-order valence-corrected chi connectivity index (χ2v) is 4.57. The van der Waals surface area contributed by atoms with Crippen LogP contribution in [0.4, 0.5) is 5.88 Å². The number of carbonyl (C=O) groups excluding carboxylic acids is 1. The lowest BCUT2D eigenvalue weighted by atomic mass is 10.0. The van der Waals surface area contributed by atoms with Gasteiger partial charge < -0.3 is 14.2 Å². The van der Waals surface area contributed by atoms with Crippen LogP contribution in [0.25, 0.3) is 0 Å². The minimum absolute atomic E-state index is 0.401. The summed E-state index contributed by atoms with van der Waals surface area (Å²) >= 11 is 0. The molecule has 2 heterocycles. The lowest BCUT2D eigenvalue weighted by molar-refractivity contribution is 0.110. The van der Waals surface area contributed by atoms with E-state index in [-0.39, 0.29) is 0 Å². The Bertz CT molecular complexity index is 367. The smallest absolute Gasteiger partial charge is 0.196 e. The standard InChI is InChI=1S/C13H20N2O2/c1-3-15-8-6-11(7-9-15)14(2)13-5-4-12(10-16)17-13/h4-5,10-11H,3,6-9H2,1-2H3. The van der Waals surface area contributed by atoms with Gasteiger partial charge in [0.15, 0.2) is 17.9 Å². The Morgan fingerprint density at radius 3 is 2.71 bits per heavy atom. The van der Waals surface area contributed by atoms with Crippen LogP contribution in [-0.2, 0) is 0 Å². The molecule has 0 N–H and O–H groups in total. The molecule has 0 unspecified atom stereocenters. The fourth-order valence-electron chi connectivity index (χ4n) is 2.40. The Hall–Kier alpha value is -1.29. The van der Waals surface area contributed by atoms with Crippen LogP contribution < -0.4 is 4.90 Å². The second-order valence-electron chi connectivity index (χ2n) is 4.57. The highest BCUT2D eigenvalue weighted by Crippen LogP contribution is 2.23. The van der Waals surface area contributed by atoms with Gasteiger partial charge in [0.2, 0.25) is 0 Å². The minimum Gasteiger partial charge on any atom is -0.438 e. The van der Waals surface area contributed by atoms with Gasteiger partial charge in [0.1, 0.15) is 0 Å². The molecule has 4 nitrogen and oxygen atoms in total. The maximum atomic E-state index is 10.6. The predicted octanol–water partition coefficient (Wildman–Crippen LogP) is 2.01. The van der Waals surface area contributed by atoms with Crippen LogP contribution in [0.15, 0.2) is 16.5 Å². The van der Waals surface area contributed by atoms with Crippen LogP contribution in [-0.4, -0.2) is 43.9 Å². The van der Waals surface area contributed by atoms with E-state index >= 15 is 0 Å². The van der Waals surface area contributed by atoms with Crippen LogP contribution in [0, 0.1) is 0 Å². The number of nitrogens with zero attached hydrogens (tertiary/aromatic N) is 2. The summed E-state index contributed by atoms with van der Waals surface area (Å²) in [6.45, 7) is 5.62. The van der Waals surface area contributed by atoms with Crippen molar-refractivity contribution in [1.82, 2.24) is 4.90 Å². The Labute approximate surface area is 102 Å². The molecule has 17 heavy (non-hydrogen) atoms. The first-order chi connectivity index (χ1) is 8.24. The lowest BCUT2D eigenvalue weighted by Crippen LogP contribution is -2.43. The summed E-state index contributed by atoms with van der Waals surface area (Å²) in [6, 6.07) is 4.11. The van der Waals surface area contributed by atoms with Crippen LogP contribution in [0.1, 0.15) is 30.3 Å². The zero-order chi connectivity index (χ0) is 12.3. The largest absolute Gasteiger partial charge is 0.438 e. The van der Waals surface area contributed by atoms with E-state index in [1.807, 2.05) is 13.1 Å². The first-order valence-electron chi connectivity index (χ1n) is 6.24. The first kappa shape index (κ1) is 12.2. The summed E-state index contributed by atoms with van der Waals surface area (Å²) in [5.74, 6) is 1.19. The summed E-state index contributed by atoms with van der Waals surface area (Å²) < 4.78 is 5.45. The maximum absolute atomic E-state index is 10.6. The number of anilines is 1. The maximum Gasteiger partial charge on any atom is 0.196 e. The minimum atomic E-state index is 0.401. The number of furan rings is 1. The number of rotatable bonds is 4. The number of carbonyl (C=O) groups is 1. The SMILES string of the molecule is CCN1CCC(N(C)c2ccc(C=O)o2)CC1. The number of likely N-dealkylation sites (tertiary alicyclic amines) is 1. The number of aldehydes is 1. The van der Waals surface area contributed by atoms with Gasteiger partial charge in [-0.1, -0.05) is 6.92 Å². The molecule has 1 aromatic rings. The third-order valence-electron chi connectivity index (χ3n) is 3.63. The van der Waals surface area contributed by atoms with E-state index in [1.165, 1.54) is 0 Å². The molecule has 0 spiro atoms. The summed E-state index contributed by atoms with van der Waals surface area (Å²) in [7, 11) is 2.04. The zero-order valence-corrected chi connectivity index (χ0v) is 10.6. The average molecular weight is 236 g/mol. The molecule has 0 saturated carbocycles. The first-order valence-corrected chi connectivity index (χ1v) is 6.24. The highest BCUT2D eigenvalue weighted by molar-refractivity contribution is 5.71. The highest BCUT2D eigenvalue weighted by Gasteiger charge is 2.23. The quantitative estimate of drug-likeness (QED) is 0.749. The molecule has 1 fully saturated rings. The van der Waals surface area contributed by atoms with Crippen molar-refractivity contribution in [3.8, 4) is 0 Å². The lowest BCUT2D eigenvalue weighted by Gasteiger charge is -2.36. The summed E-state index contributed by atoms with van der Waals surface area (Å²) in [4.78, 5) is 15.2. The molecule has 2 rings (SSSR count). The van der Waals surface area contributed by atoms with Crippen molar-refractivity contribution in [1.29, 1.82) is 0 Å². The molecule has 1 saturated heterocycles. The highest BCUT2D eigenvalue weighted by atomic mass is 16.4. The molecule has 1 aliphatic heterocycles. The monoisotopic (exact) mass is 236 g/mol. The third-order valence-corrected chi connectivity index (χ3v) is 3.63. The Morgan fingerprint density at radius 2 is 2.18 bits per heavy atom. The van der Waals surface area contributed by atoms with Gasteiger partial charge in [0, 0.05) is 32.2 Å². The van der Waals surface area contributed by atoms with Gasteiger partial charge in [0.25, 0.3) is 0 Å². The van der Waals surface area contributed by atoms with Crippen LogP contribution in [0.3, 0.4) is 0 Å². The molecule has 0 aliphatic carbocycles. The normalized spacial score (nSPS) is 18.2. The van der Waals surface area contributed by atoms with Crippen LogP contribution >= 0.6 is 0 Å². The third kappa shape index (κ3) is 2.69.